The Hall–Kier alpha value is -1.56. The molecule has 2 amide bonds. The molecule has 1 aliphatic heterocycles. The van der Waals surface area contributed by atoms with Crippen molar-refractivity contribution in [3.05, 3.63) is 17.0 Å². The predicted molar refractivity (Wildman–Crippen MR) is 79.3 cm³/mol. The maximum Gasteiger partial charge on any atom is 0.317 e. The largest absolute Gasteiger partial charge is 0.372 e. The average molecular weight is 295 g/mol. The van der Waals surface area contributed by atoms with E-state index in [1.54, 1.807) is 0 Å². The van der Waals surface area contributed by atoms with Crippen LogP contribution in [0.25, 0.3) is 0 Å². The summed E-state index contributed by atoms with van der Waals surface area (Å²) >= 11 is 0. The van der Waals surface area contributed by atoms with E-state index in [0.29, 0.717) is 19.6 Å². The van der Waals surface area contributed by atoms with Gasteiger partial charge in [-0.1, -0.05) is 12.1 Å². The van der Waals surface area contributed by atoms with Crippen LogP contribution in [0.15, 0.2) is 4.52 Å². The van der Waals surface area contributed by atoms with Gasteiger partial charge in [0.05, 0.1) is 17.9 Å². The van der Waals surface area contributed by atoms with E-state index in [9.17, 15) is 4.79 Å². The molecule has 2 rings (SSSR count). The molecule has 0 bridgehead atoms. The minimum atomic E-state index is -0.0182. The molecule has 0 spiro atoms. The summed E-state index contributed by atoms with van der Waals surface area (Å²) in [6.45, 7) is 9.80. The minimum Gasteiger partial charge on any atom is -0.372 e. The lowest BCUT2D eigenvalue weighted by atomic mass is 10.1. The summed E-state index contributed by atoms with van der Waals surface area (Å²) in [5, 5.41) is 6.89. The van der Waals surface area contributed by atoms with Gasteiger partial charge < -0.3 is 19.5 Å². The third-order valence-electron chi connectivity index (χ3n) is 3.90. The van der Waals surface area contributed by atoms with Crippen LogP contribution in [0.1, 0.15) is 37.3 Å². The van der Waals surface area contributed by atoms with Crippen molar-refractivity contribution in [3.63, 3.8) is 0 Å². The fourth-order valence-electron chi connectivity index (χ4n) is 2.70. The molecule has 1 N–H and O–H groups in total. The van der Waals surface area contributed by atoms with Crippen LogP contribution in [0.4, 0.5) is 4.79 Å². The summed E-state index contributed by atoms with van der Waals surface area (Å²) < 4.78 is 10.9. The molecule has 1 aromatic rings. The lowest BCUT2D eigenvalue weighted by molar-refractivity contribution is -0.0645. The van der Waals surface area contributed by atoms with Gasteiger partial charge in [0, 0.05) is 25.2 Å². The highest BCUT2D eigenvalue weighted by atomic mass is 16.5. The number of ether oxygens (including phenoxy) is 1. The number of aromatic nitrogens is 1. The number of carbonyl (C=O) groups excluding carboxylic acids is 1. The highest BCUT2D eigenvalue weighted by molar-refractivity contribution is 5.74. The quantitative estimate of drug-likeness (QED) is 0.923. The van der Waals surface area contributed by atoms with Crippen LogP contribution < -0.4 is 5.32 Å². The summed E-state index contributed by atoms with van der Waals surface area (Å²) in [7, 11) is 0. The third-order valence-corrected chi connectivity index (χ3v) is 3.90. The van der Waals surface area contributed by atoms with Crippen molar-refractivity contribution in [1.82, 2.24) is 15.4 Å². The first kappa shape index (κ1) is 15.8. The van der Waals surface area contributed by atoms with Crippen molar-refractivity contribution in [3.8, 4) is 0 Å². The van der Waals surface area contributed by atoms with Crippen molar-refractivity contribution < 1.29 is 14.1 Å². The van der Waals surface area contributed by atoms with Gasteiger partial charge in [-0.2, -0.15) is 0 Å². The van der Waals surface area contributed by atoms with Gasteiger partial charge in [0.1, 0.15) is 5.76 Å². The van der Waals surface area contributed by atoms with Crippen LogP contribution in [0, 0.1) is 13.8 Å². The zero-order valence-corrected chi connectivity index (χ0v) is 13.3. The molecule has 1 aromatic heterocycles. The predicted octanol–water partition coefficient (Wildman–Crippen LogP) is 2.04. The molecular weight excluding hydrogens is 270 g/mol. The Labute approximate surface area is 125 Å². The summed E-state index contributed by atoms with van der Waals surface area (Å²) in [5.41, 5.74) is 1.98. The molecule has 2 heterocycles. The van der Waals surface area contributed by atoms with E-state index >= 15 is 0 Å². The molecule has 0 aliphatic carbocycles. The molecule has 6 nitrogen and oxygen atoms in total. The van der Waals surface area contributed by atoms with Gasteiger partial charge in [0.25, 0.3) is 0 Å². The number of carbonyl (C=O) groups is 1. The first-order valence-corrected chi connectivity index (χ1v) is 7.61. The number of aryl methyl sites for hydroxylation is 2. The van der Waals surface area contributed by atoms with Gasteiger partial charge in [-0.15, -0.1) is 0 Å². The zero-order valence-electron chi connectivity index (χ0n) is 13.3. The van der Waals surface area contributed by atoms with Gasteiger partial charge in [0.2, 0.25) is 0 Å². The van der Waals surface area contributed by atoms with Crippen molar-refractivity contribution in [1.29, 1.82) is 0 Å². The molecule has 6 heteroatoms. The number of hydrogen-bond donors (Lipinski definition) is 1. The Bertz CT molecular complexity index is 467. The number of urea groups is 1. The standard InChI is InChI=1S/C15H25N3O3/c1-5-13-9-18(8-10(2)20-13)15(19)16-7-6-14-11(3)17-21-12(14)4/h10,13H,5-9H2,1-4H3,(H,16,19). The topological polar surface area (TPSA) is 67.6 Å². The molecule has 0 saturated carbocycles. The summed E-state index contributed by atoms with van der Waals surface area (Å²) in [4.78, 5) is 14.1. The second kappa shape index (κ2) is 6.93. The lowest BCUT2D eigenvalue weighted by Crippen LogP contribution is -2.52. The number of rotatable bonds is 4. The van der Waals surface area contributed by atoms with Gasteiger partial charge in [0.15, 0.2) is 0 Å². The van der Waals surface area contributed by atoms with Crippen LogP contribution in [0.5, 0.6) is 0 Å². The fourth-order valence-corrected chi connectivity index (χ4v) is 2.70. The first-order valence-electron chi connectivity index (χ1n) is 7.61. The van der Waals surface area contributed by atoms with E-state index in [4.69, 9.17) is 9.26 Å². The summed E-state index contributed by atoms with van der Waals surface area (Å²) in [5.74, 6) is 0.827. The van der Waals surface area contributed by atoms with Gasteiger partial charge >= 0.3 is 6.03 Å². The van der Waals surface area contributed by atoms with E-state index < -0.39 is 0 Å². The normalized spacial score (nSPS) is 22.4. The number of morpholine rings is 1. The fraction of sp³-hybridized carbons (Fsp3) is 0.733. The summed E-state index contributed by atoms with van der Waals surface area (Å²) in [6, 6.07) is -0.0182. The molecule has 0 aromatic carbocycles. The van der Waals surface area contributed by atoms with Crippen molar-refractivity contribution >= 4 is 6.03 Å². The molecule has 1 saturated heterocycles. The first-order chi connectivity index (χ1) is 10.0. The molecule has 1 fully saturated rings. The van der Waals surface area contributed by atoms with Crippen LogP contribution in [0.3, 0.4) is 0 Å². The number of nitrogens with one attached hydrogen (secondary N) is 1. The van der Waals surface area contributed by atoms with E-state index in [2.05, 4.69) is 17.4 Å². The Balaban J connectivity index is 1.81. The smallest absolute Gasteiger partial charge is 0.317 e. The maximum atomic E-state index is 12.2. The average Bonchev–Trinajstić information content (AvgIpc) is 2.78. The molecule has 0 radical (unpaired) electrons. The molecule has 2 unspecified atom stereocenters. The van der Waals surface area contributed by atoms with Crippen molar-refractivity contribution in [2.75, 3.05) is 19.6 Å². The minimum absolute atomic E-state index is 0.0182. The molecular formula is C15H25N3O3. The zero-order chi connectivity index (χ0) is 15.4. The monoisotopic (exact) mass is 295 g/mol. The molecule has 1 aliphatic rings. The van der Waals surface area contributed by atoms with Gasteiger partial charge in [-0.25, -0.2) is 4.79 Å². The third kappa shape index (κ3) is 3.97. The van der Waals surface area contributed by atoms with Crippen LogP contribution in [-0.2, 0) is 11.2 Å². The van der Waals surface area contributed by atoms with Crippen LogP contribution in [-0.4, -0.2) is 47.9 Å². The van der Waals surface area contributed by atoms with E-state index in [-0.39, 0.29) is 18.2 Å². The Morgan fingerprint density at radius 3 is 2.81 bits per heavy atom. The molecule has 118 valence electrons. The second-order valence-electron chi connectivity index (χ2n) is 5.67. The summed E-state index contributed by atoms with van der Waals surface area (Å²) in [6.07, 6.45) is 1.90. The Morgan fingerprint density at radius 1 is 1.43 bits per heavy atom. The van der Waals surface area contributed by atoms with Gasteiger partial charge in [-0.05, 0) is 33.6 Å². The van der Waals surface area contributed by atoms with Gasteiger partial charge in [-0.3, -0.25) is 0 Å². The highest BCUT2D eigenvalue weighted by Gasteiger charge is 2.27. The highest BCUT2D eigenvalue weighted by Crippen LogP contribution is 2.14. The Morgan fingerprint density at radius 2 is 2.19 bits per heavy atom. The van der Waals surface area contributed by atoms with Crippen LogP contribution >= 0.6 is 0 Å². The SMILES string of the molecule is CCC1CN(C(=O)NCCc2c(C)noc2C)CC(C)O1. The number of amides is 2. The lowest BCUT2D eigenvalue weighted by Gasteiger charge is -2.36. The van der Waals surface area contributed by atoms with E-state index in [1.807, 2.05) is 25.7 Å². The Kier molecular flexibility index (Phi) is 5.22. The van der Waals surface area contributed by atoms with Crippen molar-refractivity contribution in [2.24, 2.45) is 0 Å². The van der Waals surface area contributed by atoms with Crippen molar-refractivity contribution in [2.45, 2.75) is 52.7 Å². The number of nitrogens with zero attached hydrogens (tertiary/aromatic N) is 2. The second-order valence-corrected chi connectivity index (χ2v) is 5.67. The maximum absolute atomic E-state index is 12.2. The molecule has 21 heavy (non-hydrogen) atoms. The van der Waals surface area contributed by atoms with Crippen LogP contribution in [0.2, 0.25) is 0 Å². The van der Waals surface area contributed by atoms with E-state index in [0.717, 1.165) is 29.9 Å². The molecule has 2 atom stereocenters. The van der Waals surface area contributed by atoms with E-state index in [1.165, 1.54) is 0 Å². The number of hydrogen-bond acceptors (Lipinski definition) is 4.